The molecule has 1 aliphatic heterocycles. The first kappa shape index (κ1) is 15.8. The van der Waals surface area contributed by atoms with Crippen LogP contribution in [0.5, 0.6) is 0 Å². The molecule has 0 spiro atoms. The van der Waals surface area contributed by atoms with Gasteiger partial charge in [-0.25, -0.2) is 9.78 Å². The third kappa shape index (κ3) is 3.73. The van der Waals surface area contributed by atoms with Crippen LogP contribution in [0.15, 0.2) is 12.1 Å². The molecule has 1 aliphatic rings. The van der Waals surface area contributed by atoms with Gasteiger partial charge in [-0.05, 0) is 32.0 Å². The number of likely N-dealkylation sites (N-methyl/N-ethyl adjacent to an activating group) is 1. The van der Waals surface area contributed by atoms with Crippen LogP contribution in [0.2, 0.25) is 0 Å². The zero-order valence-corrected chi connectivity index (χ0v) is 13.2. The Morgan fingerprint density at radius 2 is 2.14 bits per heavy atom. The van der Waals surface area contributed by atoms with Crippen molar-refractivity contribution in [3.05, 3.63) is 23.4 Å². The molecule has 0 radical (unpaired) electrons. The first-order chi connectivity index (χ1) is 10.0. The number of aromatic nitrogens is 1. The molecule has 1 atom stereocenters. The predicted octanol–water partition coefficient (Wildman–Crippen LogP) is 2.26. The minimum atomic E-state index is -0.878. The summed E-state index contributed by atoms with van der Waals surface area (Å²) in [7, 11) is 2.15. The van der Waals surface area contributed by atoms with E-state index in [1.807, 2.05) is 0 Å². The van der Waals surface area contributed by atoms with E-state index in [2.05, 4.69) is 35.7 Å². The zero-order valence-electron chi connectivity index (χ0n) is 13.2. The maximum absolute atomic E-state index is 11.3. The molecule has 1 N–H and O–H groups in total. The Kier molecular flexibility index (Phi) is 5.17. The molecular formula is C16H25N3O2. The van der Waals surface area contributed by atoms with E-state index in [0.717, 1.165) is 50.4 Å². The average Bonchev–Trinajstić information content (AvgIpc) is 2.47. The number of carbonyl (C=O) groups is 1. The lowest BCUT2D eigenvalue weighted by Crippen LogP contribution is -2.51. The number of anilines is 1. The molecule has 0 saturated carbocycles. The summed E-state index contributed by atoms with van der Waals surface area (Å²) >= 11 is 0. The van der Waals surface area contributed by atoms with Gasteiger partial charge in [-0.3, -0.25) is 4.90 Å². The number of hydrogen-bond acceptors (Lipinski definition) is 4. The van der Waals surface area contributed by atoms with E-state index in [-0.39, 0.29) is 0 Å². The quantitative estimate of drug-likeness (QED) is 0.902. The smallest absolute Gasteiger partial charge is 0.335 e. The lowest BCUT2D eigenvalue weighted by molar-refractivity contribution is 0.0696. The van der Waals surface area contributed by atoms with E-state index in [1.54, 1.807) is 12.1 Å². The van der Waals surface area contributed by atoms with Gasteiger partial charge in [0, 0.05) is 31.4 Å². The van der Waals surface area contributed by atoms with Crippen LogP contribution in [0.4, 0.5) is 5.82 Å². The van der Waals surface area contributed by atoms with Crippen LogP contribution < -0.4 is 4.90 Å². The van der Waals surface area contributed by atoms with Gasteiger partial charge in [0.05, 0.1) is 5.56 Å². The van der Waals surface area contributed by atoms with Gasteiger partial charge in [0.15, 0.2) is 0 Å². The Bertz CT molecular complexity index is 504. The first-order valence-electron chi connectivity index (χ1n) is 7.74. The molecule has 2 heterocycles. The number of pyridine rings is 1. The third-order valence-corrected chi connectivity index (χ3v) is 4.19. The van der Waals surface area contributed by atoms with Crippen LogP contribution in [0.1, 0.15) is 42.7 Å². The molecule has 1 aromatic heterocycles. The molecular weight excluding hydrogens is 266 g/mol. The van der Waals surface area contributed by atoms with Gasteiger partial charge in [-0.15, -0.1) is 0 Å². The van der Waals surface area contributed by atoms with Gasteiger partial charge in [0.1, 0.15) is 5.82 Å². The van der Waals surface area contributed by atoms with Crippen molar-refractivity contribution < 1.29 is 9.90 Å². The van der Waals surface area contributed by atoms with Gasteiger partial charge in [-0.2, -0.15) is 0 Å². The number of carboxylic acid groups (broad SMARTS) is 1. The summed E-state index contributed by atoms with van der Waals surface area (Å²) in [4.78, 5) is 20.6. The lowest BCUT2D eigenvalue weighted by atomic mass is 10.1. The molecule has 1 unspecified atom stereocenters. The first-order valence-corrected chi connectivity index (χ1v) is 7.74. The SMILES string of the molecule is CCCc1cc(C(=O)O)cc(N2CCN(C)C(CC)C2)n1. The highest BCUT2D eigenvalue weighted by Gasteiger charge is 2.24. The number of rotatable bonds is 5. The maximum atomic E-state index is 11.3. The van der Waals surface area contributed by atoms with Crippen molar-refractivity contribution in [1.82, 2.24) is 9.88 Å². The van der Waals surface area contributed by atoms with Gasteiger partial charge in [0.25, 0.3) is 0 Å². The largest absolute Gasteiger partial charge is 0.478 e. The van der Waals surface area contributed by atoms with Crippen LogP contribution in [0.25, 0.3) is 0 Å². The highest BCUT2D eigenvalue weighted by molar-refractivity contribution is 5.88. The van der Waals surface area contributed by atoms with Crippen LogP contribution >= 0.6 is 0 Å². The molecule has 1 aromatic rings. The Hall–Kier alpha value is -1.62. The summed E-state index contributed by atoms with van der Waals surface area (Å²) in [5.74, 6) is -0.0675. The Morgan fingerprint density at radius 3 is 2.76 bits per heavy atom. The normalized spacial score (nSPS) is 19.8. The van der Waals surface area contributed by atoms with E-state index < -0.39 is 5.97 Å². The highest BCUT2D eigenvalue weighted by Crippen LogP contribution is 2.20. The van der Waals surface area contributed by atoms with Crippen molar-refractivity contribution in [2.75, 3.05) is 31.6 Å². The highest BCUT2D eigenvalue weighted by atomic mass is 16.4. The summed E-state index contributed by atoms with van der Waals surface area (Å²) < 4.78 is 0. The molecule has 2 rings (SSSR count). The van der Waals surface area contributed by atoms with Gasteiger partial charge in [0.2, 0.25) is 0 Å². The predicted molar refractivity (Wildman–Crippen MR) is 84.1 cm³/mol. The fraction of sp³-hybridized carbons (Fsp3) is 0.625. The van der Waals surface area contributed by atoms with E-state index in [4.69, 9.17) is 0 Å². The fourth-order valence-electron chi connectivity index (χ4n) is 2.84. The Balaban J connectivity index is 2.27. The number of aryl methyl sites for hydroxylation is 1. The average molecular weight is 291 g/mol. The van der Waals surface area contributed by atoms with Crippen LogP contribution in [0, 0.1) is 0 Å². The second-order valence-electron chi connectivity index (χ2n) is 5.75. The molecule has 116 valence electrons. The molecule has 1 saturated heterocycles. The lowest BCUT2D eigenvalue weighted by Gasteiger charge is -2.39. The number of aromatic carboxylic acids is 1. The fourth-order valence-corrected chi connectivity index (χ4v) is 2.84. The van der Waals surface area contributed by atoms with E-state index in [9.17, 15) is 9.90 Å². The van der Waals surface area contributed by atoms with E-state index in [0.29, 0.717) is 11.6 Å². The van der Waals surface area contributed by atoms with E-state index >= 15 is 0 Å². The molecule has 21 heavy (non-hydrogen) atoms. The second-order valence-corrected chi connectivity index (χ2v) is 5.75. The number of piperazine rings is 1. The van der Waals surface area contributed by atoms with Crippen molar-refractivity contribution >= 4 is 11.8 Å². The Labute approximate surface area is 126 Å². The van der Waals surface area contributed by atoms with Crippen molar-refractivity contribution in [1.29, 1.82) is 0 Å². The molecule has 0 aromatic carbocycles. The van der Waals surface area contributed by atoms with Crippen LogP contribution in [0.3, 0.4) is 0 Å². The second kappa shape index (κ2) is 6.89. The molecule has 0 amide bonds. The van der Waals surface area contributed by atoms with Crippen molar-refractivity contribution in [3.8, 4) is 0 Å². The summed E-state index contributed by atoms with van der Waals surface area (Å²) in [5.41, 5.74) is 1.22. The minimum Gasteiger partial charge on any atom is -0.478 e. The summed E-state index contributed by atoms with van der Waals surface area (Å²) in [5, 5.41) is 9.29. The zero-order chi connectivity index (χ0) is 15.4. The summed E-state index contributed by atoms with van der Waals surface area (Å²) in [6, 6.07) is 3.91. The topological polar surface area (TPSA) is 56.7 Å². The standard InChI is InChI=1S/C16H25N3O2/c1-4-6-13-9-12(16(20)21)10-15(17-13)19-8-7-18(3)14(5-2)11-19/h9-10,14H,4-8,11H2,1-3H3,(H,20,21). The van der Waals surface area contributed by atoms with Crippen LogP contribution in [-0.2, 0) is 6.42 Å². The third-order valence-electron chi connectivity index (χ3n) is 4.19. The molecule has 1 fully saturated rings. The minimum absolute atomic E-state index is 0.343. The number of nitrogens with zero attached hydrogens (tertiary/aromatic N) is 3. The summed E-state index contributed by atoms with van der Waals surface area (Å²) in [6.45, 7) is 7.07. The molecule has 5 nitrogen and oxygen atoms in total. The van der Waals surface area contributed by atoms with Crippen molar-refractivity contribution in [3.63, 3.8) is 0 Å². The number of hydrogen-bond donors (Lipinski definition) is 1. The van der Waals surface area contributed by atoms with E-state index in [1.165, 1.54) is 0 Å². The molecule has 5 heteroatoms. The van der Waals surface area contributed by atoms with Crippen molar-refractivity contribution in [2.24, 2.45) is 0 Å². The van der Waals surface area contributed by atoms with Crippen molar-refractivity contribution in [2.45, 2.75) is 39.2 Å². The van der Waals surface area contributed by atoms with Gasteiger partial charge >= 0.3 is 5.97 Å². The molecule has 0 bridgehead atoms. The van der Waals surface area contributed by atoms with Gasteiger partial charge < -0.3 is 10.0 Å². The van der Waals surface area contributed by atoms with Crippen LogP contribution in [-0.4, -0.2) is 53.7 Å². The monoisotopic (exact) mass is 291 g/mol. The number of carboxylic acids is 1. The maximum Gasteiger partial charge on any atom is 0.335 e. The Morgan fingerprint density at radius 1 is 1.38 bits per heavy atom. The summed E-state index contributed by atoms with van der Waals surface area (Å²) in [6.07, 6.45) is 2.88. The van der Waals surface area contributed by atoms with Gasteiger partial charge in [-0.1, -0.05) is 20.3 Å². The molecule has 0 aliphatic carbocycles.